The molecule has 4 heteroatoms. The fourth-order valence-corrected chi connectivity index (χ4v) is 1.65. The average Bonchev–Trinajstić information content (AvgIpc) is 2.37. The van der Waals surface area contributed by atoms with Crippen LogP contribution in [0.2, 0.25) is 0 Å². The number of nitrogens with one attached hydrogen (secondary N) is 1. The second kappa shape index (κ2) is 6.89. The van der Waals surface area contributed by atoms with Crippen molar-refractivity contribution >= 4 is 11.9 Å². The summed E-state index contributed by atoms with van der Waals surface area (Å²) in [5.41, 5.74) is 0.359. The summed E-state index contributed by atoms with van der Waals surface area (Å²) in [6.07, 6.45) is 1.53. The van der Waals surface area contributed by atoms with Gasteiger partial charge in [-0.05, 0) is 32.4 Å². The molecule has 1 rings (SSSR count). The van der Waals surface area contributed by atoms with E-state index in [4.69, 9.17) is 4.74 Å². The lowest BCUT2D eigenvalue weighted by atomic mass is 10.1. The van der Waals surface area contributed by atoms with Crippen molar-refractivity contribution < 1.29 is 14.3 Å². The van der Waals surface area contributed by atoms with E-state index in [-0.39, 0.29) is 0 Å². The maximum Gasteiger partial charge on any atom is 0.329 e. The van der Waals surface area contributed by atoms with Crippen LogP contribution in [0.25, 0.3) is 0 Å². The smallest absolute Gasteiger partial charge is 0.329 e. The lowest BCUT2D eigenvalue weighted by Gasteiger charge is -2.24. The predicted octanol–water partition coefficient (Wildman–Crippen LogP) is 2.24. The Bertz CT molecular complexity index is 474. The van der Waals surface area contributed by atoms with Crippen LogP contribution in [0, 0.1) is 0 Å². The number of hydrogen-bond acceptors (Lipinski definition) is 3. The van der Waals surface area contributed by atoms with Crippen LogP contribution in [0.4, 0.5) is 0 Å². The van der Waals surface area contributed by atoms with E-state index >= 15 is 0 Å². The summed E-state index contributed by atoms with van der Waals surface area (Å²) >= 11 is 0. The van der Waals surface area contributed by atoms with Crippen molar-refractivity contribution in [1.29, 1.82) is 0 Å². The molecule has 0 saturated heterocycles. The molecule has 0 bridgehead atoms. The molecule has 0 aliphatic carbocycles. The highest BCUT2D eigenvalue weighted by Gasteiger charge is 2.26. The monoisotopic (exact) mass is 275 g/mol. The summed E-state index contributed by atoms with van der Waals surface area (Å²) in [5.74, 6) is -0.839. The molecule has 0 aliphatic rings. The zero-order chi connectivity index (χ0) is 15.2. The molecule has 0 aromatic heterocycles. The van der Waals surface area contributed by atoms with E-state index in [2.05, 4.69) is 11.9 Å². The Morgan fingerprint density at radius 3 is 2.40 bits per heavy atom. The molecule has 0 spiro atoms. The predicted molar refractivity (Wildman–Crippen MR) is 78.1 cm³/mol. The van der Waals surface area contributed by atoms with Crippen LogP contribution >= 0.6 is 0 Å². The van der Waals surface area contributed by atoms with E-state index in [0.29, 0.717) is 6.42 Å². The SMILES string of the molecule is C=CC(=O)N[C@@H](Cc1ccccc1)C(=O)OC(C)(C)C. The van der Waals surface area contributed by atoms with Crippen molar-refractivity contribution in [2.24, 2.45) is 0 Å². The quantitative estimate of drug-likeness (QED) is 0.662. The normalized spacial score (nSPS) is 12.3. The second-order valence-electron chi connectivity index (χ2n) is 5.49. The highest BCUT2D eigenvalue weighted by molar-refractivity contribution is 5.91. The Morgan fingerprint density at radius 2 is 1.90 bits per heavy atom. The van der Waals surface area contributed by atoms with E-state index in [9.17, 15) is 9.59 Å². The fourth-order valence-electron chi connectivity index (χ4n) is 1.65. The molecule has 1 N–H and O–H groups in total. The topological polar surface area (TPSA) is 55.4 Å². The third-order valence-corrected chi connectivity index (χ3v) is 2.48. The van der Waals surface area contributed by atoms with Gasteiger partial charge in [0.1, 0.15) is 11.6 Å². The largest absolute Gasteiger partial charge is 0.458 e. The van der Waals surface area contributed by atoms with Gasteiger partial charge >= 0.3 is 5.97 Å². The summed E-state index contributed by atoms with van der Waals surface area (Å²) in [6.45, 7) is 8.76. The van der Waals surface area contributed by atoms with Gasteiger partial charge < -0.3 is 10.1 Å². The molecular formula is C16H21NO3. The Kier molecular flexibility index (Phi) is 5.50. The van der Waals surface area contributed by atoms with Gasteiger partial charge in [0.05, 0.1) is 0 Å². The maximum atomic E-state index is 12.1. The van der Waals surface area contributed by atoms with Gasteiger partial charge in [0, 0.05) is 6.42 Å². The number of benzene rings is 1. The fraction of sp³-hybridized carbons (Fsp3) is 0.375. The number of rotatable bonds is 5. The molecule has 0 aliphatic heterocycles. The van der Waals surface area contributed by atoms with Crippen molar-refractivity contribution in [1.82, 2.24) is 5.32 Å². The molecule has 1 amide bonds. The van der Waals surface area contributed by atoms with Crippen LogP contribution < -0.4 is 5.32 Å². The lowest BCUT2D eigenvalue weighted by Crippen LogP contribution is -2.45. The van der Waals surface area contributed by atoms with Gasteiger partial charge in [-0.1, -0.05) is 36.9 Å². The molecule has 0 fully saturated rings. The van der Waals surface area contributed by atoms with Crippen LogP contribution in [0.1, 0.15) is 26.3 Å². The Morgan fingerprint density at radius 1 is 1.30 bits per heavy atom. The van der Waals surface area contributed by atoms with Crippen molar-refractivity contribution in [3.8, 4) is 0 Å². The van der Waals surface area contributed by atoms with E-state index in [0.717, 1.165) is 11.6 Å². The van der Waals surface area contributed by atoms with E-state index in [1.807, 2.05) is 30.3 Å². The first kappa shape index (κ1) is 16.0. The third kappa shape index (κ3) is 5.69. The number of esters is 1. The van der Waals surface area contributed by atoms with Crippen molar-refractivity contribution in [3.05, 3.63) is 48.6 Å². The summed E-state index contributed by atoms with van der Waals surface area (Å²) in [4.78, 5) is 23.6. The summed E-state index contributed by atoms with van der Waals surface area (Å²) in [6, 6.07) is 8.75. The van der Waals surface area contributed by atoms with Gasteiger partial charge in [-0.3, -0.25) is 4.79 Å². The highest BCUT2D eigenvalue weighted by atomic mass is 16.6. The summed E-state index contributed by atoms with van der Waals surface area (Å²) < 4.78 is 5.33. The van der Waals surface area contributed by atoms with Gasteiger partial charge in [0.25, 0.3) is 0 Å². The molecule has 1 aromatic rings. The number of hydrogen-bond donors (Lipinski definition) is 1. The standard InChI is InChI=1S/C16H21NO3/c1-5-14(18)17-13(15(19)20-16(2,3)4)11-12-9-7-6-8-10-12/h5-10,13H,1,11H2,2-4H3,(H,17,18)/t13-/m0/s1. The second-order valence-corrected chi connectivity index (χ2v) is 5.49. The molecule has 0 unspecified atom stereocenters. The summed E-state index contributed by atoms with van der Waals surface area (Å²) in [7, 11) is 0. The summed E-state index contributed by atoms with van der Waals surface area (Å²) in [5, 5.41) is 2.61. The van der Waals surface area contributed by atoms with Crippen molar-refractivity contribution in [2.75, 3.05) is 0 Å². The molecule has 0 radical (unpaired) electrons. The van der Waals surface area contributed by atoms with Crippen molar-refractivity contribution in [2.45, 2.75) is 38.8 Å². The number of amides is 1. The van der Waals surface area contributed by atoms with Crippen molar-refractivity contribution in [3.63, 3.8) is 0 Å². The number of ether oxygens (including phenoxy) is 1. The molecule has 1 aromatic carbocycles. The highest BCUT2D eigenvalue weighted by Crippen LogP contribution is 2.11. The minimum absolute atomic E-state index is 0.384. The zero-order valence-corrected chi connectivity index (χ0v) is 12.2. The Labute approximate surface area is 119 Å². The molecule has 108 valence electrons. The van der Waals surface area contributed by atoms with Crippen LogP contribution in [0.3, 0.4) is 0 Å². The van der Waals surface area contributed by atoms with E-state index in [1.165, 1.54) is 0 Å². The molecule has 1 atom stereocenters. The zero-order valence-electron chi connectivity index (χ0n) is 12.2. The van der Waals surface area contributed by atoms with Crippen LogP contribution in [-0.2, 0) is 20.7 Å². The van der Waals surface area contributed by atoms with Gasteiger partial charge in [-0.15, -0.1) is 0 Å². The van der Waals surface area contributed by atoms with E-state index < -0.39 is 23.5 Å². The Balaban J connectivity index is 2.82. The van der Waals surface area contributed by atoms with Gasteiger partial charge in [-0.25, -0.2) is 4.79 Å². The van der Waals surface area contributed by atoms with Gasteiger partial charge in [0.2, 0.25) is 5.91 Å². The van der Waals surface area contributed by atoms with Crippen LogP contribution in [0.5, 0.6) is 0 Å². The lowest BCUT2D eigenvalue weighted by molar-refractivity contribution is -0.158. The molecule has 4 nitrogen and oxygen atoms in total. The Hall–Kier alpha value is -2.10. The molecular weight excluding hydrogens is 254 g/mol. The first-order valence-corrected chi connectivity index (χ1v) is 6.51. The maximum absolute atomic E-state index is 12.1. The first-order chi connectivity index (χ1) is 9.31. The number of carbonyl (C=O) groups is 2. The van der Waals surface area contributed by atoms with Crippen LogP contribution in [-0.4, -0.2) is 23.5 Å². The third-order valence-electron chi connectivity index (χ3n) is 2.48. The first-order valence-electron chi connectivity index (χ1n) is 6.51. The molecule has 0 heterocycles. The molecule has 20 heavy (non-hydrogen) atoms. The molecule has 0 saturated carbocycles. The minimum atomic E-state index is -0.720. The van der Waals surface area contributed by atoms with Gasteiger partial charge in [-0.2, -0.15) is 0 Å². The van der Waals surface area contributed by atoms with Gasteiger partial charge in [0.15, 0.2) is 0 Å². The van der Waals surface area contributed by atoms with E-state index in [1.54, 1.807) is 20.8 Å². The van der Waals surface area contributed by atoms with Crippen LogP contribution in [0.15, 0.2) is 43.0 Å². The number of carbonyl (C=O) groups excluding carboxylic acids is 2. The minimum Gasteiger partial charge on any atom is -0.458 e. The average molecular weight is 275 g/mol.